The van der Waals surface area contributed by atoms with Crippen molar-refractivity contribution >= 4 is 5.96 Å². The molecule has 0 bridgehead atoms. The van der Waals surface area contributed by atoms with E-state index in [1.807, 2.05) is 57.2 Å². The van der Waals surface area contributed by atoms with Crippen LogP contribution in [0.4, 0.5) is 0 Å². The maximum atomic E-state index is 5.94. The van der Waals surface area contributed by atoms with Crippen LogP contribution in [0.15, 0.2) is 47.6 Å². The van der Waals surface area contributed by atoms with Crippen LogP contribution < -0.4 is 24.8 Å². The Hall–Kier alpha value is -2.96. The normalized spacial score (nSPS) is 12.4. The summed E-state index contributed by atoms with van der Waals surface area (Å²) in [4.78, 5) is 8.55. The summed E-state index contributed by atoms with van der Waals surface area (Å²) in [6.07, 6.45) is 1.84. The van der Waals surface area contributed by atoms with Gasteiger partial charge in [-0.3, -0.25) is 4.99 Å². The molecule has 0 radical (unpaired) electrons. The Morgan fingerprint density at radius 2 is 1.79 bits per heavy atom. The molecule has 2 rings (SSSR count). The Balaban J connectivity index is 1.79. The minimum atomic E-state index is -0.0658. The van der Waals surface area contributed by atoms with E-state index in [0.29, 0.717) is 30.7 Å². The van der Waals surface area contributed by atoms with E-state index < -0.39 is 0 Å². The number of aliphatic imine (C=N–C) groups is 1. The van der Waals surface area contributed by atoms with Crippen molar-refractivity contribution in [3.05, 3.63) is 48.2 Å². The van der Waals surface area contributed by atoms with Gasteiger partial charge in [0.1, 0.15) is 6.10 Å². The largest absolute Gasteiger partial charge is 0.493 e. The van der Waals surface area contributed by atoms with E-state index in [1.54, 1.807) is 20.4 Å². The van der Waals surface area contributed by atoms with Crippen LogP contribution in [0.2, 0.25) is 0 Å². The average molecular weight is 386 g/mol. The zero-order chi connectivity index (χ0) is 20.4. The number of hydrogen-bond donors (Lipinski definition) is 2. The van der Waals surface area contributed by atoms with Crippen molar-refractivity contribution in [3.63, 3.8) is 0 Å². The first-order valence-electron chi connectivity index (χ1n) is 9.37. The summed E-state index contributed by atoms with van der Waals surface area (Å²) < 4.78 is 16.8. The van der Waals surface area contributed by atoms with E-state index in [0.717, 1.165) is 11.3 Å². The van der Waals surface area contributed by atoms with Gasteiger partial charge in [-0.15, -0.1) is 0 Å². The number of nitrogens with one attached hydrogen (secondary N) is 2. The smallest absolute Gasteiger partial charge is 0.213 e. The average Bonchev–Trinajstić information content (AvgIpc) is 2.69. The van der Waals surface area contributed by atoms with Crippen molar-refractivity contribution in [3.8, 4) is 17.4 Å². The fourth-order valence-electron chi connectivity index (χ4n) is 2.45. The molecule has 2 N–H and O–H groups in total. The number of pyridine rings is 1. The van der Waals surface area contributed by atoms with Gasteiger partial charge in [0.2, 0.25) is 5.88 Å². The molecule has 7 heteroatoms. The lowest BCUT2D eigenvalue weighted by Crippen LogP contribution is -2.41. The van der Waals surface area contributed by atoms with Gasteiger partial charge in [0.05, 0.1) is 19.8 Å². The van der Waals surface area contributed by atoms with Gasteiger partial charge in [0, 0.05) is 25.9 Å². The molecule has 0 aliphatic heterocycles. The predicted molar refractivity (Wildman–Crippen MR) is 111 cm³/mol. The van der Waals surface area contributed by atoms with Crippen molar-refractivity contribution in [1.29, 1.82) is 0 Å². The first kappa shape index (κ1) is 21.3. The number of aromatic nitrogens is 1. The Bertz CT molecular complexity index is 748. The van der Waals surface area contributed by atoms with Crippen LogP contribution >= 0.6 is 0 Å². The lowest BCUT2D eigenvalue weighted by molar-refractivity contribution is 0.213. The summed E-state index contributed by atoms with van der Waals surface area (Å²) in [5.74, 6) is 2.76. The van der Waals surface area contributed by atoms with E-state index >= 15 is 0 Å². The number of hydrogen-bond acceptors (Lipinski definition) is 5. The van der Waals surface area contributed by atoms with Gasteiger partial charge < -0.3 is 24.8 Å². The highest BCUT2D eigenvalue weighted by atomic mass is 16.5. The van der Waals surface area contributed by atoms with Crippen LogP contribution in [-0.4, -0.2) is 43.9 Å². The molecule has 7 nitrogen and oxygen atoms in total. The third-order valence-electron chi connectivity index (χ3n) is 3.79. The van der Waals surface area contributed by atoms with Crippen LogP contribution in [0.5, 0.6) is 17.4 Å². The number of para-hydroxylation sites is 2. The molecule has 0 aliphatic carbocycles. The van der Waals surface area contributed by atoms with Crippen molar-refractivity contribution in [2.24, 2.45) is 4.99 Å². The van der Waals surface area contributed by atoms with Gasteiger partial charge in [0.25, 0.3) is 0 Å². The molecule has 1 aromatic carbocycles. The topological polar surface area (TPSA) is 77.0 Å². The maximum Gasteiger partial charge on any atom is 0.213 e. The van der Waals surface area contributed by atoms with Gasteiger partial charge in [-0.25, -0.2) is 4.98 Å². The van der Waals surface area contributed by atoms with E-state index in [1.165, 1.54) is 0 Å². The molecule has 0 amide bonds. The van der Waals surface area contributed by atoms with Crippen LogP contribution in [-0.2, 0) is 6.54 Å². The summed E-state index contributed by atoms with van der Waals surface area (Å²) >= 11 is 0. The van der Waals surface area contributed by atoms with E-state index in [-0.39, 0.29) is 12.2 Å². The quantitative estimate of drug-likeness (QED) is 0.510. The second kappa shape index (κ2) is 11.0. The van der Waals surface area contributed by atoms with Crippen molar-refractivity contribution in [1.82, 2.24) is 15.6 Å². The fraction of sp³-hybridized carbons (Fsp3) is 0.429. The highest BCUT2D eigenvalue weighted by Crippen LogP contribution is 2.26. The Morgan fingerprint density at radius 3 is 2.39 bits per heavy atom. The molecular weight excluding hydrogens is 356 g/mol. The van der Waals surface area contributed by atoms with E-state index in [2.05, 4.69) is 20.6 Å². The van der Waals surface area contributed by atoms with Crippen LogP contribution in [0.1, 0.15) is 26.3 Å². The molecule has 1 unspecified atom stereocenters. The number of benzene rings is 1. The Labute approximate surface area is 167 Å². The summed E-state index contributed by atoms with van der Waals surface area (Å²) in [5.41, 5.74) is 1.04. The molecule has 2 aromatic rings. The second-order valence-electron chi connectivity index (χ2n) is 6.56. The number of guanidine groups is 1. The van der Waals surface area contributed by atoms with Gasteiger partial charge in [-0.1, -0.05) is 18.2 Å². The Kier molecular flexibility index (Phi) is 8.39. The molecule has 0 aliphatic rings. The molecule has 0 saturated heterocycles. The van der Waals surface area contributed by atoms with Crippen LogP contribution in [0, 0.1) is 0 Å². The number of ether oxygens (including phenoxy) is 3. The van der Waals surface area contributed by atoms with E-state index in [9.17, 15) is 0 Å². The monoisotopic (exact) mass is 386 g/mol. The minimum Gasteiger partial charge on any atom is -0.493 e. The predicted octanol–water partition coefficient (Wildman–Crippen LogP) is 3.01. The van der Waals surface area contributed by atoms with Gasteiger partial charge >= 0.3 is 0 Å². The molecule has 1 heterocycles. The van der Waals surface area contributed by atoms with Gasteiger partial charge in [0.15, 0.2) is 17.5 Å². The summed E-state index contributed by atoms with van der Waals surface area (Å²) in [7, 11) is 3.37. The zero-order valence-electron chi connectivity index (χ0n) is 17.2. The number of rotatable bonds is 9. The van der Waals surface area contributed by atoms with Gasteiger partial charge in [-0.05, 0) is 38.5 Å². The SMILES string of the molecule is CN=C(NCc1ccc(OC(C)C)nc1)NCC(C)Oc1ccccc1OC. The fourth-order valence-corrected chi connectivity index (χ4v) is 2.45. The standard InChI is InChI=1S/C21H30N4O3/c1-15(2)27-20-11-10-17(13-23-20)14-25-21(22-4)24-12-16(3)28-19-9-7-6-8-18(19)26-5/h6-11,13,15-16H,12,14H2,1-5H3,(H2,22,24,25). The highest BCUT2D eigenvalue weighted by Gasteiger charge is 2.09. The molecular formula is C21H30N4O3. The highest BCUT2D eigenvalue weighted by molar-refractivity contribution is 5.79. The minimum absolute atomic E-state index is 0.0658. The lowest BCUT2D eigenvalue weighted by atomic mass is 10.3. The van der Waals surface area contributed by atoms with Crippen LogP contribution in [0.25, 0.3) is 0 Å². The first-order chi connectivity index (χ1) is 13.5. The molecule has 152 valence electrons. The molecule has 1 aromatic heterocycles. The van der Waals surface area contributed by atoms with Gasteiger partial charge in [-0.2, -0.15) is 0 Å². The lowest BCUT2D eigenvalue weighted by Gasteiger charge is -2.19. The first-order valence-corrected chi connectivity index (χ1v) is 9.37. The molecule has 0 fully saturated rings. The number of nitrogens with zero attached hydrogens (tertiary/aromatic N) is 2. The molecule has 1 atom stereocenters. The van der Waals surface area contributed by atoms with Crippen LogP contribution in [0.3, 0.4) is 0 Å². The van der Waals surface area contributed by atoms with Crippen molar-refractivity contribution < 1.29 is 14.2 Å². The second-order valence-corrected chi connectivity index (χ2v) is 6.56. The Morgan fingerprint density at radius 1 is 1.04 bits per heavy atom. The number of methoxy groups -OCH3 is 1. The van der Waals surface area contributed by atoms with E-state index in [4.69, 9.17) is 14.2 Å². The van der Waals surface area contributed by atoms with Crippen molar-refractivity contribution in [2.75, 3.05) is 20.7 Å². The zero-order valence-corrected chi connectivity index (χ0v) is 17.2. The molecule has 0 spiro atoms. The summed E-state index contributed by atoms with van der Waals surface area (Å²) in [6.45, 7) is 7.15. The summed E-state index contributed by atoms with van der Waals surface area (Å²) in [6, 6.07) is 11.5. The third kappa shape index (κ3) is 6.98. The van der Waals surface area contributed by atoms with Crippen molar-refractivity contribution in [2.45, 2.75) is 39.5 Å². The molecule has 0 saturated carbocycles. The molecule has 28 heavy (non-hydrogen) atoms. The summed E-state index contributed by atoms with van der Waals surface area (Å²) in [5, 5.41) is 6.53. The third-order valence-corrected chi connectivity index (χ3v) is 3.79. The maximum absolute atomic E-state index is 5.94.